The van der Waals surface area contributed by atoms with Crippen LogP contribution >= 0.6 is 0 Å². The zero-order valence-electron chi connectivity index (χ0n) is 12.3. The van der Waals surface area contributed by atoms with E-state index in [4.69, 9.17) is 5.53 Å². The second-order valence-electron chi connectivity index (χ2n) is 5.18. The Morgan fingerprint density at radius 3 is 2.95 bits per heavy atom. The number of hydrogen-bond acceptors (Lipinski definition) is 2. The Bertz CT molecular complexity index is 349. The fourth-order valence-electron chi connectivity index (χ4n) is 2.64. The van der Waals surface area contributed by atoms with E-state index >= 15 is 0 Å². The quantitative estimate of drug-likeness (QED) is 0.224. The van der Waals surface area contributed by atoms with Crippen LogP contribution in [0.4, 0.5) is 0 Å². The van der Waals surface area contributed by atoms with Gasteiger partial charge < -0.3 is 0 Å². The number of azide groups is 1. The molecule has 1 heterocycles. The normalized spacial score (nSPS) is 20.4. The van der Waals surface area contributed by atoms with Gasteiger partial charge in [0.2, 0.25) is 0 Å². The fourth-order valence-corrected chi connectivity index (χ4v) is 2.64. The first kappa shape index (κ1) is 15.9. The summed E-state index contributed by atoms with van der Waals surface area (Å²) in [7, 11) is 0. The van der Waals surface area contributed by atoms with Gasteiger partial charge in [0, 0.05) is 23.9 Å². The maximum Gasteiger partial charge on any atom is 0.0716 e. The molecule has 4 heteroatoms. The summed E-state index contributed by atoms with van der Waals surface area (Å²) in [5, 5.41) is 3.75. The van der Waals surface area contributed by atoms with Gasteiger partial charge in [0.15, 0.2) is 0 Å². The molecule has 1 aliphatic heterocycles. The summed E-state index contributed by atoms with van der Waals surface area (Å²) in [5.41, 5.74) is 8.47. The summed E-state index contributed by atoms with van der Waals surface area (Å²) in [6, 6.07) is 0.746. The summed E-state index contributed by atoms with van der Waals surface area (Å²) in [5.74, 6) is 6.77. The Morgan fingerprint density at radius 1 is 1.42 bits per heavy atom. The van der Waals surface area contributed by atoms with Crippen molar-refractivity contribution in [2.24, 2.45) is 5.11 Å². The molecule has 1 rings (SSSR count). The number of rotatable bonds is 7. The molecule has 1 fully saturated rings. The average Bonchev–Trinajstić information content (AvgIpc) is 2.88. The topological polar surface area (TPSA) is 52.0 Å². The third-order valence-corrected chi connectivity index (χ3v) is 3.66. The maximum atomic E-state index is 8.47. The number of likely N-dealkylation sites (tertiary alicyclic amines) is 1. The predicted octanol–water partition coefficient (Wildman–Crippen LogP) is 4.12. The number of nitrogens with zero attached hydrogens (tertiary/aromatic N) is 4. The molecule has 4 nitrogen and oxygen atoms in total. The molecule has 1 aliphatic rings. The van der Waals surface area contributed by atoms with Crippen molar-refractivity contribution < 1.29 is 0 Å². The van der Waals surface area contributed by atoms with E-state index in [-0.39, 0.29) is 0 Å². The molecule has 0 unspecified atom stereocenters. The summed E-state index contributed by atoms with van der Waals surface area (Å²) in [4.78, 5) is 5.34. The van der Waals surface area contributed by atoms with E-state index in [1.54, 1.807) is 0 Å². The van der Waals surface area contributed by atoms with Gasteiger partial charge in [0.25, 0.3) is 0 Å². The average molecular weight is 262 g/mol. The third-order valence-electron chi connectivity index (χ3n) is 3.66. The van der Waals surface area contributed by atoms with E-state index in [1.807, 2.05) is 0 Å². The molecule has 0 amide bonds. The highest BCUT2D eigenvalue weighted by molar-refractivity contribution is 5.10. The van der Waals surface area contributed by atoms with Crippen LogP contribution in [0.3, 0.4) is 0 Å². The molecule has 0 aromatic heterocycles. The van der Waals surface area contributed by atoms with Gasteiger partial charge in [-0.1, -0.05) is 37.7 Å². The second-order valence-corrected chi connectivity index (χ2v) is 5.18. The summed E-state index contributed by atoms with van der Waals surface area (Å²) >= 11 is 0. The first-order valence-corrected chi connectivity index (χ1v) is 7.58. The lowest BCUT2D eigenvalue weighted by atomic mass is 10.1. The van der Waals surface area contributed by atoms with Crippen molar-refractivity contribution in [2.45, 2.75) is 70.9 Å². The van der Waals surface area contributed by atoms with Gasteiger partial charge in [-0.05, 0) is 37.8 Å². The van der Waals surface area contributed by atoms with E-state index in [0.717, 1.165) is 32.2 Å². The summed E-state index contributed by atoms with van der Waals surface area (Å²) in [6.07, 6.45) is 8.00. The molecule has 0 radical (unpaired) electrons. The third kappa shape index (κ3) is 5.55. The van der Waals surface area contributed by atoms with E-state index in [1.165, 1.54) is 19.3 Å². The van der Waals surface area contributed by atoms with Crippen LogP contribution in [0.5, 0.6) is 0 Å². The Kier molecular flexibility index (Phi) is 8.13. The first-order chi connectivity index (χ1) is 9.33. The van der Waals surface area contributed by atoms with Gasteiger partial charge in [0.1, 0.15) is 0 Å². The van der Waals surface area contributed by atoms with Crippen molar-refractivity contribution in [1.29, 1.82) is 0 Å². The molecule has 19 heavy (non-hydrogen) atoms. The molecule has 1 saturated heterocycles. The Morgan fingerprint density at radius 2 is 2.26 bits per heavy atom. The van der Waals surface area contributed by atoms with Gasteiger partial charge in [-0.25, -0.2) is 0 Å². The molecule has 0 aliphatic carbocycles. The molecule has 2 atom stereocenters. The lowest BCUT2D eigenvalue weighted by Crippen LogP contribution is -2.39. The predicted molar refractivity (Wildman–Crippen MR) is 79.7 cm³/mol. The van der Waals surface area contributed by atoms with Crippen LogP contribution in [-0.4, -0.2) is 30.1 Å². The van der Waals surface area contributed by atoms with Crippen LogP contribution in [0, 0.1) is 11.8 Å². The van der Waals surface area contributed by atoms with Crippen molar-refractivity contribution in [2.75, 3.05) is 13.1 Å². The zero-order valence-corrected chi connectivity index (χ0v) is 12.3. The fraction of sp³-hybridized carbons (Fsp3) is 0.867. The van der Waals surface area contributed by atoms with Crippen molar-refractivity contribution in [3.63, 3.8) is 0 Å². The van der Waals surface area contributed by atoms with Crippen LogP contribution < -0.4 is 0 Å². The Hall–Kier alpha value is -1.17. The minimum Gasteiger partial charge on any atom is -0.287 e. The molecular formula is C15H26N4. The molecule has 0 aromatic carbocycles. The molecular weight excluding hydrogens is 236 g/mol. The number of unbranched alkanes of at least 4 members (excludes halogenated alkanes) is 2. The maximum absolute atomic E-state index is 8.47. The van der Waals surface area contributed by atoms with Crippen LogP contribution in [0.2, 0.25) is 0 Å². The van der Waals surface area contributed by atoms with Crippen LogP contribution in [0.1, 0.15) is 58.8 Å². The van der Waals surface area contributed by atoms with Gasteiger partial charge in [-0.3, -0.25) is 4.90 Å². The van der Waals surface area contributed by atoms with E-state index in [9.17, 15) is 0 Å². The van der Waals surface area contributed by atoms with E-state index in [0.29, 0.717) is 18.6 Å². The van der Waals surface area contributed by atoms with Crippen LogP contribution in [0.25, 0.3) is 10.4 Å². The minimum absolute atomic E-state index is 0.350. The molecule has 0 spiro atoms. The summed E-state index contributed by atoms with van der Waals surface area (Å²) < 4.78 is 0. The number of hydrogen-bond donors (Lipinski definition) is 0. The standard InChI is InChI=1S/C15H26N4/c1-3-5-6-7-10-14(9-4-2)19-12-8-11-15(19)13-17-18-16/h14-15H,3-6,8-9,11-13H2,1-2H3/t14-,15-/m0/s1. The van der Waals surface area contributed by atoms with Crippen LogP contribution in [-0.2, 0) is 0 Å². The minimum atomic E-state index is 0.350. The summed E-state index contributed by atoms with van der Waals surface area (Å²) in [6.45, 7) is 6.09. The molecule has 0 bridgehead atoms. The van der Waals surface area contributed by atoms with Gasteiger partial charge in [-0.15, -0.1) is 5.92 Å². The van der Waals surface area contributed by atoms with Crippen molar-refractivity contribution in [3.05, 3.63) is 10.4 Å². The van der Waals surface area contributed by atoms with Crippen molar-refractivity contribution >= 4 is 0 Å². The Labute approximate surface area is 117 Å². The molecule has 0 saturated carbocycles. The van der Waals surface area contributed by atoms with Gasteiger partial charge in [0.05, 0.1) is 6.04 Å². The first-order valence-electron chi connectivity index (χ1n) is 7.58. The monoisotopic (exact) mass is 262 g/mol. The smallest absolute Gasteiger partial charge is 0.0716 e. The largest absolute Gasteiger partial charge is 0.287 e. The lowest BCUT2D eigenvalue weighted by Gasteiger charge is -2.28. The van der Waals surface area contributed by atoms with E-state index < -0.39 is 0 Å². The second kappa shape index (κ2) is 9.72. The molecule has 0 N–H and O–H groups in total. The highest BCUT2D eigenvalue weighted by Gasteiger charge is 2.28. The van der Waals surface area contributed by atoms with E-state index in [2.05, 4.69) is 40.6 Å². The van der Waals surface area contributed by atoms with Crippen LogP contribution in [0.15, 0.2) is 5.11 Å². The van der Waals surface area contributed by atoms with Crippen molar-refractivity contribution in [3.8, 4) is 11.8 Å². The zero-order chi connectivity index (χ0) is 13.9. The molecule has 106 valence electrons. The highest BCUT2D eigenvalue weighted by Crippen LogP contribution is 2.22. The van der Waals surface area contributed by atoms with Gasteiger partial charge in [-0.2, -0.15) is 0 Å². The SMILES string of the molecule is CCCCC#C[C@H](CCC)N1CCC[C@H]1CN=[N+]=[N-]. The lowest BCUT2D eigenvalue weighted by molar-refractivity contribution is 0.212. The van der Waals surface area contributed by atoms with Gasteiger partial charge >= 0.3 is 0 Å². The highest BCUT2D eigenvalue weighted by atomic mass is 15.2. The molecule has 0 aromatic rings. The Balaban J connectivity index is 2.61. The van der Waals surface area contributed by atoms with Crippen molar-refractivity contribution in [1.82, 2.24) is 4.90 Å².